The number of rotatable bonds is 15. The van der Waals surface area contributed by atoms with Crippen LogP contribution in [-0.2, 0) is 22.4 Å². The fourth-order valence-electron chi connectivity index (χ4n) is 3.73. The zero-order valence-electron chi connectivity index (χ0n) is 20.4. The first kappa shape index (κ1) is 26.6. The highest BCUT2D eigenvalue weighted by molar-refractivity contribution is 5.43. The fraction of sp³-hybridized carbons (Fsp3) is 0.370. The molecule has 0 fully saturated rings. The lowest BCUT2D eigenvalue weighted by Gasteiger charge is -2.25. The van der Waals surface area contributed by atoms with Crippen molar-refractivity contribution >= 4 is 0 Å². The van der Waals surface area contributed by atoms with Gasteiger partial charge in [-0.05, 0) is 30.7 Å². The van der Waals surface area contributed by atoms with Gasteiger partial charge in [0.25, 0.3) is 0 Å². The number of hydrogen-bond donors (Lipinski definition) is 1. The fourth-order valence-corrected chi connectivity index (χ4v) is 3.73. The Kier molecular flexibility index (Phi) is 10.4. The number of halogens is 1. The normalized spacial score (nSPS) is 12.1. The van der Waals surface area contributed by atoms with Crippen molar-refractivity contribution in [1.29, 1.82) is 0 Å². The summed E-state index contributed by atoms with van der Waals surface area (Å²) in [6.07, 6.45) is 1.64. The minimum atomic E-state index is -0.686. The first-order valence-electron chi connectivity index (χ1n) is 11.7. The number of aliphatic hydroxyl groups excluding tert-OH is 1. The van der Waals surface area contributed by atoms with Gasteiger partial charge in [0.15, 0.2) is 0 Å². The van der Waals surface area contributed by atoms with E-state index in [1.165, 1.54) is 12.1 Å². The van der Waals surface area contributed by atoms with E-state index >= 15 is 0 Å². The lowest BCUT2D eigenvalue weighted by atomic mass is 10.1. The summed E-state index contributed by atoms with van der Waals surface area (Å²) in [6, 6.07) is 15.7. The van der Waals surface area contributed by atoms with Crippen LogP contribution in [0.2, 0.25) is 0 Å². The summed E-state index contributed by atoms with van der Waals surface area (Å²) in [5.41, 5.74) is 2.57. The summed E-state index contributed by atoms with van der Waals surface area (Å²) in [5, 5.41) is 15.4. The maximum absolute atomic E-state index is 13.9. The van der Waals surface area contributed by atoms with E-state index in [0.717, 1.165) is 16.9 Å². The van der Waals surface area contributed by atoms with Crippen molar-refractivity contribution in [2.75, 3.05) is 40.0 Å². The van der Waals surface area contributed by atoms with Gasteiger partial charge in [-0.2, -0.15) is 5.10 Å². The average molecular weight is 484 g/mol. The topological polar surface area (TPSA) is 69.0 Å². The molecule has 3 aromatic rings. The number of ether oxygens (including phenoxy) is 3. The van der Waals surface area contributed by atoms with Crippen LogP contribution in [0.1, 0.15) is 18.2 Å². The van der Waals surface area contributed by atoms with E-state index in [-0.39, 0.29) is 12.4 Å². The minimum Gasteiger partial charge on any atom is -0.438 e. The molecule has 1 unspecified atom stereocenters. The molecular formula is C27H34FN3O4. The Morgan fingerprint density at radius 1 is 1.20 bits per heavy atom. The number of para-hydroxylation sites is 1. The van der Waals surface area contributed by atoms with Crippen LogP contribution in [0.4, 0.5) is 4.39 Å². The standard InChI is InChI=1S/C27H34FN3O4/c1-4-15-34-20-23(32)18-30(14-16-33-3)19-25-26(5-2)29-31(22-11-7-6-8-12-22)27(25)35-24-13-9-10-21(28)17-24/h4,6-13,17,23,32H,1,5,14-16,18-20H2,2-3H3. The Hall–Kier alpha value is -3.04. The average Bonchev–Trinajstić information content (AvgIpc) is 3.20. The van der Waals surface area contributed by atoms with Crippen LogP contribution < -0.4 is 4.74 Å². The lowest BCUT2D eigenvalue weighted by Crippen LogP contribution is -2.36. The van der Waals surface area contributed by atoms with Crippen molar-refractivity contribution in [3.8, 4) is 17.3 Å². The molecule has 3 rings (SSSR count). The van der Waals surface area contributed by atoms with E-state index in [0.29, 0.717) is 50.9 Å². The highest BCUT2D eigenvalue weighted by Gasteiger charge is 2.24. The Morgan fingerprint density at radius 2 is 2.00 bits per heavy atom. The van der Waals surface area contributed by atoms with Crippen molar-refractivity contribution in [1.82, 2.24) is 14.7 Å². The quantitative estimate of drug-likeness (QED) is 0.256. The van der Waals surface area contributed by atoms with Gasteiger partial charge in [0, 0.05) is 32.8 Å². The van der Waals surface area contributed by atoms with E-state index in [4.69, 9.17) is 19.3 Å². The van der Waals surface area contributed by atoms with Crippen molar-refractivity contribution in [2.45, 2.75) is 26.0 Å². The number of hydrogen-bond acceptors (Lipinski definition) is 6. The number of methoxy groups -OCH3 is 1. The molecule has 0 spiro atoms. The molecular weight excluding hydrogens is 449 g/mol. The van der Waals surface area contributed by atoms with Gasteiger partial charge in [0.2, 0.25) is 5.88 Å². The zero-order valence-corrected chi connectivity index (χ0v) is 20.4. The first-order valence-corrected chi connectivity index (χ1v) is 11.7. The van der Waals surface area contributed by atoms with Crippen molar-refractivity contribution in [3.05, 3.63) is 84.3 Å². The molecule has 1 heterocycles. The second-order valence-corrected chi connectivity index (χ2v) is 8.10. The second kappa shape index (κ2) is 13.7. The Labute approximate surface area is 206 Å². The molecule has 35 heavy (non-hydrogen) atoms. The third kappa shape index (κ3) is 7.73. The second-order valence-electron chi connectivity index (χ2n) is 8.10. The molecule has 1 atom stereocenters. The highest BCUT2D eigenvalue weighted by Crippen LogP contribution is 2.32. The number of aryl methyl sites for hydroxylation is 1. The zero-order chi connectivity index (χ0) is 25.0. The summed E-state index contributed by atoms with van der Waals surface area (Å²) in [5.74, 6) is 0.514. The monoisotopic (exact) mass is 483 g/mol. The molecule has 0 aliphatic carbocycles. The molecule has 7 nitrogen and oxygen atoms in total. The molecule has 1 N–H and O–H groups in total. The molecule has 0 aliphatic heterocycles. The molecule has 0 saturated heterocycles. The Bertz CT molecular complexity index is 1060. The molecule has 0 aliphatic rings. The minimum absolute atomic E-state index is 0.200. The predicted octanol–water partition coefficient (Wildman–Crippen LogP) is 4.38. The van der Waals surface area contributed by atoms with E-state index in [9.17, 15) is 9.50 Å². The summed E-state index contributed by atoms with van der Waals surface area (Å²) in [7, 11) is 1.64. The maximum atomic E-state index is 13.9. The molecule has 0 amide bonds. The van der Waals surface area contributed by atoms with Crippen LogP contribution in [0, 0.1) is 5.82 Å². The predicted molar refractivity (Wildman–Crippen MR) is 134 cm³/mol. The van der Waals surface area contributed by atoms with Gasteiger partial charge in [0.05, 0.1) is 42.9 Å². The van der Waals surface area contributed by atoms with Crippen molar-refractivity contribution in [3.63, 3.8) is 0 Å². The molecule has 1 aromatic heterocycles. The van der Waals surface area contributed by atoms with Crippen LogP contribution in [0.25, 0.3) is 5.69 Å². The largest absolute Gasteiger partial charge is 0.438 e. The van der Waals surface area contributed by atoms with Crippen LogP contribution in [-0.4, -0.2) is 65.9 Å². The van der Waals surface area contributed by atoms with Gasteiger partial charge in [-0.15, -0.1) is 6.58 Å². The van der Waals surface area contributed by atoms with Crippen molar-refractivity contribution in [2.24, 2.45) is 0 Å². The van der Waals surface area contributed by atoms with Gasteiger partial charge < -0.3 is 19.3 Å². The van der Waals surface area contributed by atoms with E-state index in [1.807, 2.05) is 37.3 Å². The summed E-state index contributed by atoms with van der Waals surface area (Å²) < 4.78 is 32.6. The SMILES string of the molecule is C=CCOCC(O)CN(CCOC)Cc1c(CC)nn(-c2ccccc2)c1Oc1cccc(F)c1. The number of benzene rings is 2. The van der Waals surface area contributed by atoms with Gasteiger partial charge in [-0.3, -0.25) is 4.90 Å². The number of aliphatic hydroxyl groups is 1. The Balaban J connectivity index is 1.97. The van der Waals surface area contributed by atoms with Crippen LogP contribution in [0.3, 0.4) is 0 Å². The van der Waals surface area contributed by atoms with Gasteiger partial charge in [-0.25, -0.2) is 9.07 Å². The summed E-state index contributed by atoms with van der Waals surface area (Å²) in [6.45, 7) is 8.16. The van der Waals surface area contributed by atoms with Crippen LogP contribution in [0.15, 0.2) is 67.3 Å². The third-order valence-corrected chi connectivity index (χ3v) is 5.37. The first-order chi connectivity index (χ1) is 17.0. The number of nitrogens with zero attached hydrogens (tertiary/aromatic N) is 3. The summed E-state index contributed by atoms with van der Waals surface area (Å²) >= 11 is 0. The maximum Gasteiger partial charge on any atom is 0.227 e. The van der Waals surface area contributed by atoms with Gasteiger partial charge in [-0.1, -0.05) is 37.3 Å². The van der Waals surface area contributed by atoms with Crippen LogP contribution >= 0.6 is 0 Å². The molecule has 0 radical (unpaired) electrons. The van der Waals surface area contributed by atoms with Gasteiger partial charge in [0.1, 0.15) is 11.6 Å². The molecule has 0 bridgehead atoms. The Morgan fingerprint density at radius 3 is 2.69 bits per heavy atom. The molecule has 8 heteroatoms. The van der Waals surface area contributed by atoms with Crippen molar-refractivity contribution < 1.29 is 23.7 Å². The molecule has 0 saturated carbocycles. The molecule has 188 valence electrons. The van der Waals surface area contributed by atoms with E-state index in [2.05, 4.69) is 11.5 Å². The smallest absolute Gasteiger partial charge is 0.227 e. The van der Waals surface area contributed by atoms with Gasteiger partial charge >= 0.3 is 0 Å². The van der Waals surface area contributed by atoms with E-state index < -0.39 is 6.10 Å². The third-order valence-electron chi connectivity index (χ3n) is 5.37. The highest BCUT2D eigenvalue weighted by atomic mass is 19.1. The molecule has 2 aromatic carbocycles. The van der Waals surface area contributed by atoms with E-state index in [1.54, 1.807) is 30.0 Å². The lowest BCUT2D eigenvalue weighted by molar-refractivity contribution is 0.0192. The summed E-state index contributed by atoms with van der Waals surface area (Å²) in [4.78, 5) is 2.08. The van der Waals surface area contributed by atoms with Crippen LogP contribution in [0.5, 0.6) is 11.6 Å². The number of aromatic nitrogens is 2.